The van der Waals surface area contributed by atoms with Gasteiger partial charge in [0.2, 0.25) is 0 Å². The number of halogens is 1. The van der Waals surface area contributed by atoms with Crippen LogP contribution in [0.25, 0.3) is 0 Å². The molecule has 0 heterocycles. The fourth-order valence-electron chi connectivity index (χ4n) is 1.78. The van der Waals surface area contributed by atoms with Gasteiger partial charge in [0, 0.05) is 5.56 Å². The standard InChI is InChI=1S/C12H13ClO/c13-8-12(14)11-6-2-5-10(7-11)9-3-1-4-9/h2,5-7,9H,1,3-4,8H2. The summed E-state index contributed by atoms with van der Waals surface area (Å²) in [5.74, 6) is 0.777. The van der Waals surface area contributed by atoms with Gasteiger partial charge in [0.25, 0.3) is 0 Å². The molecule has 0 spiro atoms. The van der Waals surface area contributed by atoms with E-state index < -0.39 is 0 Å². The lowest BCUT2D eigenvalue weighted by Gasteiger charge is -2.25. The molecule has 1 fully saturated rings. The number of rotatable bonds is 3. The summed E-state index contributed by atoms with van der Waals surface area (Å²) in [5, 5.41) is 0. The molecule has 0 aromatic heterocycles. The van der Waals surface area contributed by atoms with E-state index >= 15 is 0 Å². The minimum Gasteiger partial charge on any atom is -0.293 e. The van der Waals surface area contributed by atoms with Crippen LogP contribution in [0.4, 0.5) is 0 Å². The maximum Gasteiger partial charge on any atom is 0.177 e. The minimum absolute atomic E-state index is 0.0211. The summed E-state index contributed by atoms with van der Waals surface area (Å²) in [7, 11) is 0. The van der Waals surface area contributed by atoms with Gasteiger partial charge in [0.15, 0.2) is 5.78 Å². The Kier molecular flexibility index (Phi) is 2.87. The normalized spacial score (nSPS) is 16.4. The predicted octanol–water partition coefficient (Wildman–Crippen LogP) is 3.38. The third-order valence-corrected chi connectivity index (χ3v) is 3.15. The molecular weight excluding hydrogens is 196 g/mol. The highest BCUT2D eigenvalue weighted by atomic mass is 35.5. The van der Waals surface area contributed by atoms with Crippen LogP contribution < -0.4 is 0 Å². The van der Waals surface area contributed by atoms with E-state index in [1.807, 2.05) is 18.2 Å². The molecule has 0 saturated heterocycles. The molecule has 0 bridgehead atoms. The maximum atomic E-state index is 11.4. The first-order chi connectivity index (χ1) is 6.81. The van der Waals surface area contributed by atoms with Crippen LogP contribution in [0.3, 0.4) is 0 Å². The number of ketones is 1. The van der Waals surface area contributed by atoms with E-state index in [9.17, 15) is 4.79 Å². The molecule has 14 heavy (non-hydrogen) atoms. The van der Waals surface area contributed by atoms with Gasteiger partial charge in [-0.05, 0) is 30.4 Å². The van der Waals surface area contributed by atoms with Crippen LogP contribution in [0.2, 0.25) is 0 Å². The van der Waals surface area contributed by atoms with E-state index in [4.69, 9.17) is 11.6 Å². The Hall–Kier alpha value is -0.820. The van der Waals surface area contributed by atoms with E-state index in [2.05, 4.69) is 6.07 Å². The van der Waals surface area contributed by atoms with Gasteiger partial charge in [-0.3, -0.25) is 4.79 Å². The molecule has 0 unspecified atom stereocenters. The van der Waals surface area contributed by atoms with Crippen LogP contribution >= 0.6 is 11.6 Å². The average Bonchev–Trinajstić information content (AvgIpc) is 2.14. The third kappa shape index (κ3) is 1.83. The zero-order valence-corrected chi connectivity index (χ0v) is 8.76. The van der Waals surface area contributed by atoms with E-state index in [-0.39, 0.29) is 11.7 Å². The first kappa shape index (κ1) is 9.72. The van der Waals surface area contributed by atoms with Gasteiger partial charge in [0.1, 0.15) is 0 Å². The molecule has 1 aromatic carbocycles. The molecular formula is C12H13ClO. The topological polar surface area (TPSA) is 17.1 Å². The highest BCUT2D eigenvalue weighted by molar-refractivity contribution is 6.30. The number of carbonyl (C=O) groups excluding carboxylic acids is 1. The highest BCUT2D eigenvalue weighted by Crippen LogP contribution is 2.36. The van der Waals surface area contributed by atoms with Crippen molar-refractivity contribution in [3.8, 4) is 0 Å². The third-order valence-electron chi connectivity index (χ3n) is 2.91. The fraction of sp³-hybridized carbons (Fsp3) is 0.417. The van der Waals surface area contributed by atoms with Gasteiger partial charge in [0.05, 0.1) is 5.88 Å². The van der Waals surface area contributed by atoms with Crippen LogP contribution in [0, 0.1) is 0 Å². The first-order valence-electron chi connectivity index (χ1n) is 5.00. The Morgan fingerprint density at radius 1 is 1.43 bits per heavy atom. The lowest BCUT2D eigenvalue weighted by atomic mass is 9.79. The van der Waals surface area contributed by atoms with Crippen molar-refractivity contribution >= 4 is 17.4 Å². The highest BCUT2D eigenvalue weighted by Gasteiger charge is 2.19. The largest absolute Gasteiger partial charge is 0.293 e. The van der Waals surface area contributed by atoms with Crippen molar-refractivity contribution in [3.63, 3.8) is 0 Å². The van der Waals surface area contributed by atoms with Crippen LogP contribution in [0.5, 0.6) is 0 Å². The summed E-state index contributed by atoms with van der Waals surface area (Å²) >= 11 is 5.52. The molecule has 0 radical (unpaired) electrons. The van der Waals surface area contributed by atoms with Crippen molar-refractivity contribution in [2.75, 3.05) is 5.88 Å². The number of benzene rings is 1. The fourth-order valence-corrected chi connectivity index (χ4v) is 1.94. The second-order valence-corrected chi connectivity index (χ2v) is 4.08. The summed E-state index contributed by atoms with van der Waals surface area (Å²) in [6.07, 6.45) is 3.84. The van der Waals surface area contributed by atoms with Gasteiger partial charge in [-0.25, -0.2) is 0 Å². The molecule has 74 valence electrons. The van der Waals surface area contributed by atoms with Crippen molar-refractivity contribution in [2.45, 2.75) is 25.2 Å². The molecule has 1 saturated carbocycles. The molecule has 1 aliphatic carbocycles. The molecule has 1 aliphatic rings. The molecule has 0 amide bonds. The molecule has 0 N–H and O–H groups in total. The van der Waals surface area contributed by atoms with E-state index in [1.165, 1.54) is 24.8 Å². The minimum atomic E-state index is 0.0211. The van der Waals surface area contributed by atoms with Crippen LogP contribution in [0.1, 0.15) is 41.1 Å². The Morgan fingerprint density at radius 2 is 2.21 bits per heavy atom. The molecule has 2 heteroatoms. The van der Waals surface area contributed by atoms with Crippen LogP contribution in [0.15, 0.2) is 24.3 Å². The molecule has 0 aliphatic heterocycles. The monoisotopic (exact) mass is 208 g/mol. The summed E-state index contributed by atoms with van der Waals surface area (Å²) in [6.45, 7) is 0. The Balaban J connectivity index is 2.21. The van der Waals surface area contributed by atoms with Gasteiger partial charge < -0.3 is 0 Å². The van der Waals surface area contributed by atoms with Crippen molar-refractivity contribution < 1.29 is 4.79 Å². The Bertz CT molecular complexity index is 342. The van der Waals surface area contributed by atoms with Crippen molar-refractivity contribution in [3.05, 3.63) is 35.4 Å². The first-order valence-corrected chi connectivity index (χ1v) is 5.54. The van der Waals surface area contributed by atoms with Crippen molar-refractivity contribution in [1.29, 1.82) is 0 Å². The second-order valence-electron chi connectivity index (χ2n) is 3.81. The summed E-state index contributed by atoms with van der Waals surface area (Å²) < 4.78 is 0. The van der Waals surface area contributed by atoms with Gasteiger partial charge >= 0.3 is 0 Å². The predicted molar refractivity (Wildman–Crippen MR) is 58.1 cm³/mol. The van der Waals surface area contributed by atoms with Crippen molar-refractivity contribution in [2.24, 2.45) is 0 Å². The SMILES string of the molecule is O=C(CCl)c1cccc(C2CCC2)c1. The molecule has 1 aromatic rings. The zero-order valence-electron chi connectivity index (χ0n) is 8.00. The van der Waals surface area contributed by atoms with E-state index in [1.54, 1.807) is 0 Å². The second kappa shape index (κ2) is 4.14. The number of hydrogen-bond acceptors (Lipinski definition) is 1. The Morgan fingerprint density at radius 3 is 2.79 bits per heavy atom. The van der Waals surface area contributed by atoms with Crippen molar-refractivity contribution in [1.82, 2.24) is 0 Å². The lowest BCUT2D eigenvalue weighted by molar-refractivity contribution is 0.102. The lowest BCUT2D eigenvalue weighted by Crippen LogP contribution is -2.10. The molecule has 2 rings (SSSR count). The summed E-state index contributed by atoms with van der Waals surface area (Å²) in [6, 6.07) is 7.89. The Labute approximate surface area is 89.1 Å². The molecule has 0 atom stereocenters. The number of Topliss-reactive ketones (excluding diaryl/α,β-unsaturated/α-hetero) is 1. The number of hydrogen-bond donors (Lipinski definition) is 0. The maximum absolute atomic E-state index is 11.4. The quantitative estimate of drug-likeness (QED) is 0.550. The van der Waals surface area contributed by atoms with Crippen LogP contribution in [-0.4, -0.2) is 11.7 Å². The smallest absolute Gasteiger partial charge is 0.177 e. The summed E-state index contributed by atoms with van der Waals surface area (Å²) in [4.78, 5) is 11.4. The average molecular weight is 209 g/mol. The number of alkyl halides is 1. The van der Waals surface area contributed by atoms with Gasteiger partial charge in [-0.15, -0.1) is 11.6 Å². The van der Waals surface area contributed by atoms with E-state index in [0.29, 0.717) is 5.92 Å². The van der Waals surface area contributed by atoms with Gasteiger partial charge in [-0.2, -0.15) is 0 Å². The van der Waals surface area contributed by atoms with Crippen LogP contribution in [-0.2, 0) is 0 Å². The number of carbonyl (C=O) groups is 1. The zero-order chi connectivity index (χ0) is 9.97. The summed E-state index contributed by atoms with van der Waals surface area (Å²) in [5.41, 5.74) is 2.05. The van der Waals surface area contributed by atoms with E-state index in [0.717, 1.165) is 5.56 Å². The molecule has 1 nitrogen and oxygen atoms in total. The van der Waals surface area contributed by atoms with Gasteiger partial charge in [-0.1, -0.05) is 24.6 Å².